The number of ether oxygens (including phenoxy) is 2. The Balaban J connectivity index is 1.40. The SMILES string of the molecule is COc1ccc2c(c1)OC(C(=O)N1CCN(C(=O)c3ccco3)CC1)C2(O)c1ccccc1. The number of nitrogens with zero attached hydrogens (tertiary/aromatic N) is 2. The highest BCUT2D eigenvalue weighted by molar-refractivity contribution is 5.92. The van der Waals surface area contributed by atoms with Crippen molar-refractivity contribution >= 4 is 11.8 Å². The number of furan rings is 1. The summed E-state index contributed by atoms with van der Waals surface area (Å²) < 4.78 is 16.5. The zero-order valence-electron chi connectivity index (χ0n) is 18.1. The average molecular weight is 448 g/mol. The molecule has 8 nitrogen and oxygen atoms in total. The van der Waals surface area contributed by atoms with Crippen LogP contribution in [0.3, 0.4) is 0 Å². The van der Waals surface area contributed by atoms with Gasteiger partial charge in [0.15, 0.2) is 11.4 Å². The summed E-state index contributed by atoms with van der Waals surface area (Å²) in [5.74, 6) is 0.718. The molecular formula is C25H24N2O6. The van der Waals surface area contributed by atoms with Crippen LogP contribution in [0.1, 0.15) is 21.7 Å². The molecule has 33 heavy (non-hydrogen) atoms. The zero-order chi connectivity index (χ0) is 23.0. The van der Waals surface area contributed by atoms with Gasteiger partial charge in [0.05, 0.1) is 13.4 Å². The molecule has 1 aromatic heterocycles. The molecule has 0 bridgehead atoms. The molecule has 8 heteroatoms. The van der Waals surface area contributed by atoms with E-state index in [4.69, 9.17) is 13.9 Å². The molecule has 2 atom stereocenters. The van der Waals surface area contributed by atoms with Crippen molar-refractivity contribution < 1.29 is 28.6 Å². The Morgan fingerprint density at radius 2 is 1.73 bits per heavy atom. The van der Waals surface area contributed by atoms with Crippen molar-refractivity contribution in [3.05, 3.63) is 83.8 Å². The smallest absolute Gasteiger partial charge is 0.289 e. The molecule has 2 aliphatic heterocycles. The van der Waals surface area contributed by atoms with Gasteiger partial charge in [-0.1, -0.05) is 30.3 Å². The van der Waals surface area contributed by atoms with Gasteiger partial charge in [0, 0.05) is 37.8 Å². The highest BCUT2D eigenvalue weighted by atomic mass is 16.5. The normalized spacial score (nSPS) is 21.9. The lowest BCUT2D eigenvalue weighted by molar-refractivity contribution is -0.148. The van der Waals surface area contributed by atoms with Crippen LogP contribution in [0.25, 0.3) is 0 Å². The fourth-order valence-corrected chi connectivity index (χ4v) is 4.48. The molecule has 2 aromatic carbocycles. The number of rotatable bonds is 4. The van der Waals surface area contributed by atoms with E-state index in [0.717, 1.165) is 0 Å². The Labute approximate surface area is 190 Å². The van der Waals surface area contributed by atoms with Gasteiger partial charge in [0.25, 0.3) is 11.8 Å². The molecule has 2 amide bonds. The lowest BCUT2D eigenvalue weighted by Gasteiger charge is -2.37. The summed E-state index contributed by atoms with van der Waals surface area (Å²) in [4.78, 5) is 29.4. The Morgan fingerprint density at radius 1 is 1.00 bits per heavy atom. The highest BCUT2D eigenvalue weighted by Crippen LogP contribution is 2.47. The number of benzene rings is 2. The summed E-state index contributed by atoms with van der Waals surface area (Å²) in [6.07, 6.45) is 0.302. The lowest BCUT2D eigenvalue weighted by Crippen LogP contribution is -2.57. The number of aliphatic hydroxyl groups is 1. The summed E-state index contributed by atoms with van der Waals surface area (Å²) in [5.41, 5.74) is -0.570. The summed E-state index contributed by atoms with van der Waals surface area (Å²) >= 11 is 0. The second-order valence-electron chi connectivity index (χ2n) is 8.09. The third-order valence-corrected chi connectivity index (χ3v) is 6.27. The molecule has 1 fully saturated rings. The molecule has 3 heterocycles. The molecule has 0 spiro atoms. The summed E-state index contributed by atoms with van der Waals surface area (Å²) in [7, 11) is 1.55. The van der Waals surface area contributed by atoms with E-state index in [1.165, 1.54) is 6.26 Å². The molecule has 170 valence electrons. The van der Waals surface area contributed by atoms with E-state index in [1.807, 2.05) is 18.2 Å². The molecule has 0 radical (unpaired) electrons. The van der Waals surface area contributed by atoms with Crippen molar-refractivity contribution in [3.8, 4) is 11.5 Å². The topological polar surface area (TPSA) is 92.5 Å². The number of piperazine rings is 1. The van der Waals surface area contributed by atoms with Gasteiger partial charge in [-0.15, -0.1) is 0 Å². The Bertz CT molecular complexity index is 1150. The average Bonchev–Trinajstić information content (AvgIpc) is 3.51. The van der Waals surface area contributed by atoms with Crippen LogP contribution in [0.2, 0.25) is 0 Å². The Morgan fingerprint density at radius 3 is 2.39 bits per heavy atom. The van der Waals surface area contributed by atoms with Crippen molar-refractivity contribution in [1.82, 2.24) is 9.80 Å². The Kier molecular flexibility index (Phi) is 5.30. The molecule has 1 saturated heterocycles. The third kappa shape index (κ3) is 3.52. The van der Waals surface area contributed by atoms with Gasteiger partial charge in [-0.3, -0.25) is 9.59 Å². The van der Waals surface area contributed by atoms with E-state index in [-0.39, 0.29) is 17.6 Å². The number of carbonyl (C=O) groups excluding carboxylic acids is 2. The quantitative estimate of drug-likeness (QED) is 0.658. The Hall–Kier alpha value is -3.78. The van der Waals surface area contributed by atoms with Crippen molar-refractivity contribution in [2.45, 2.75) is 11.7 Å². The number of fused-ring (bicyclic) bond motifs is 1. The number of hydrogen-bond donors (Lipinski definition) is 1. The van der Waals surface area contributed by atoms with E-state index >= 15 is 0 Å². The highest BCUT2D eigenvalue weighted by Gasteiger charge is 2.54. The first kappa shape index (κ1) is 21.1. The van der Waals surface area contributed by atoms with Crippen LogP contribution in [-0.4, -0.2) is 66.1 Å². The van der Waals surface area contributed by atoms with Gasteiger partial charge in [-0.05, 0) is 29.8 Å². The van der Waals surface area contributed by atoms with Crippen LogP contribution in [-0.2, 0) is 10.4 Å². The van der Waals surface area contributed by atoms with Gasteiger partial charge >= 0.3 is 0 Å². The zero-order valence-corrected chi connectivity index (χ0v) is 18.1. The molecule has 2 aliphatic rings. The first-order chi connectivity index (χ1) is 16.0. The number of methoxy groups -OCH3 is 1. The monoisotopic (exact) mass is 448 g/mol. The van der Waals surface area contributed by atoms with Crippen LogP contribution in [0.4, 0.5) is 0 Å². The van der Waals surface area contributed by atoms with Crippen LogP contribution in [0.5, 0.6) is 11.5 Å². The van der Waals surface area contributed by atoms with Gasteiger partial charge in [-0.2, -0.15) is 0 Å². The second kappa shape index (κ2) is 8.29. The van der Waals surface area contributed by atoms with Crippen LogP contribution < -0.4 is 9.47 Å². The summed E-state index contributed by atoms with van der Waals surface area (Å²) in [5, 5.41) is 11.9. The van der Waals surface area contributed by atoms with E-state index in [0.29, 0.717) is 48.8 Å². The van der Waals surface area contributed by atoms with Gasteiger partial charge < -0.3 is 28.8 Å². The number of carbonyl (C=O) groups is 2. The predicted octanol–water partition coefficient (Wildman–Crippen LogP) is 2.27. The maximum Gasteiger partial charge on any atom is 0.289 e. The molecule has 3 aromatic rings. The van der Waals surface area contributed by atoms with Crippen molar-refractivity contribution in [1.29, 1.82) is 0 Å². The predicted molar refractivity (Wildman–Crippen MR) is 118 cm³/mol. The minimum atomic E-state index is -1.65. The van der Waals surface area contributed by atoms with Crippen molar-refractivity contribution in [2.75, 3.05) is 33.3 Å². The van der Waals surface area contributed by atoms with Crippen molar-refractivity contribution in [2.24, 2.45) is 0 Å². The first-order valence-electron chi connectivity index (χ1n) is 10.8. The standard InChI is InChI=1S/C25H24N2O6/c1-31-18-9-10-19-21(16-18)33-22(25(19,30)17-6-3-2-4-7-17)24(29)27-13-11-26(12-14-27)23(28)20-8-5-15-32-20/h2-10,15-16,22,30H,11-14H2,1H3. The van der Waals surface area contributed by atoms with Crippen LogP contribution in [0.15, 0.2) is 71.3 Å². The van der Waals surface area contributed by atoms with Gasteiger partial charge in [0.2, 0.25) is 6.10 Å². The number of amides is 2. The fraction of sp³-hybridized carbons (Fsp3) is 0.280. The van der Waals surface area contributed by atoms with E-state index in [1.54, 1.807) is 59.4 Å². The van der Waals surface area contributed by atoms with Crippen molar-refractivity contribution in [3.63, 3.8) is 0 Å². The van der Waals surface area contributed by atoms with Crippen LogP contribution in [0, 0.1) is 0 Å². The molecule has 0 saturated carbocycles. The molecule has 5 rings (SSSR count). The number of hydrogen-bond acceptors (Lipinski definition) is 6. The maximum absolute atomic E-state index is 13.6. The van der Waals surface area contributed by atoms with E-state index < -0.39 is 11.7 Å². The van der Waals surface area contributed by atoms with Gasteiger partial charge in [0.1, 0.15) is 11.5 Å². The van der Waals surface area contributed by atoms with Crippen LogP contribution >= 0.6 is 0 Å². The minimum absolute atomic E-state index is 0.204. The molecular weight excluding hydrogens is 424 g/mol. The largest absolute Gasteiger partial charge is 0.497 e. The summed E-state index contributed by atoms with van der Waals surface area (Å²) in [6.45, 7) is 1.39. The van der Waals surface area contributed by atoms with E-state index in [2.05, 4.69) is 0 Å². The lowest BCUT2D eigenvalue weighted by atomic mass is 9.82. The maximum atomic E-state index is 13.6. The third-order valence-electron chi connectivity index (χ3n) is 6.27. The first-order valence-corrected chi connectivity index (χ1v) is 10.8. The molecule has 2 unspecified atom stereocenters. The second-order valence-corrected chi connectivity index (χ2v) is 8.09. The van der Waals surface area contributed by atoms with E-state index in [9.17, 15) is 14.7 Å². The summed E-state index contributed by atoms with van der Waals surface area (Å²) in [6, 6.07) is 17.5. The molecule has 1 N–H and O–H groups in total. The fourth-order valence-electron chi connectivity index (χ4n) is 4.48. The minimum Gasteiger partial charge on any atom is -0.497 e. The van der Waals surface area contributed by atoms with Gasteiger partial charge in [-0.25, -0.2) is 0 Å². The molecule has 0 aliphatic carbocycles.